The van der Waals surface area contributed by atoms with Crippen molar-refractivity contribution >= 4 is 46.3 Å². The van der Waals surface area contributed by atoms with Crippen LogP contribution in [0.2, 0.25) is 0 Å². The Morgan fingerprint density at radius 1 is 0.634 bits per heavy atom. The van der Waals surface area contributed by atoms with E-state index in [1.54, 1.807) is 27.7 Å². The maximum absolute atomic E-state index is 11.9. The van der Waals surface area contributed by atoms with Gasteiger partial charge in [0, 0.05) is 23.6 Å². The number of rotatable bonds is 4. The first-order chi connectivity index (χ1) is 17.9. The van der Waals surface area contributed by atoms with Gasteiger partial charge in [-0.2, -0.15) is 0 Å². The molecule has 1 radical (unpaired) electrons. The summed E-state index contributed by atoms with van der Waals surface area (Å²) in [5.74, 6) is -2.86. The summed E-state index contributed by atoms with van der Waals surface area (Å²) in [4.78, 5) is 55.9. The number of halogens is 2. The Labute approximate surface area is 262 Å². The summed E-state index contributed by atoms with van der Waals surface area (Å²) in [6.45, 7) is 10.4. The fraction of sp³-hybridized carbons (Fsp3) is 0.267. The molecule has 2 heterocycles. The molecule has 2 aliphatic heterocycles. The predicted molar refractivity (Wildman–Crippen MR) is 145 cm³/mol. The topological polar surface area (TPSA) is 111 Å². The molecular weight excluding hydrogens is 619 g/mol. The van der Waals surface area contributed by atoms with E-state index < -0.39 is 23.8 Å². The van der Waals surface area contributed by atoms with Gasteiger partial charge in [-0.1, -0.05) is 24.3 Å². The van der Waals surface area contributed by atoms with E-state index >= 15 is 0 Å². The average Bonchev–Trinajstić information content (AvgIpc) is 2.78. The van der Waals surface area contributed by atoms with Gasteiger partial charge in [-0.15, -0.1) is 0 Å². The van der Waals surface area contributed by atoms with Gasteiger partial charge in [0.15, 0.2) is 23.4 Å². The van der Waals surface area contributed by atoms with Crippen molar-refractivity contribution in [3.8, 4) is 0 Å². The van der Waals surface area contributed by atoms with Crippen molar-refractivity contribution in [3.05, 3.63) is 83.3 Å². The number of cyclic esters (lactones) is 2. The SMILES string of the molecule is CC1=CC(=O)C(C(C)=Nc2cccc(C)c2)C(=O)O1.CC1=CC(=O)C(C(C)=Nc2cccc(C)c2)C(=O)O1.[Cl-].[Cl-].[Cu+2]. The Morgan fingerprint density at radius 3 is 1.27 bits per heavy atom. The first kappa shape index (κ1) is 37.6. The first-order valence-electron chi connectivity index (χ1n) is 12.1. The molecule has 0 saturated carbocycles. The van der Waals surface area contributed by atoms with Crippen molar-refractivity contribution in [1.29, 1.82) is 0 Å². The molecule has 0 fully saturated rings. The van der Waals surface area contributed by atoms with Crippen molar-refractivity contribution in [1.82, 2.24) is 0 Å². The monoisotopic (exact) mass is 647 g/mol. The zero-order chi connectivity index (χ0) is 28.0. The van der Waals surface area contributed by atoms with E-state index in [0.29, 0.717) is 22.9 Å². The molecule has 2 unspecified atom stereocenters. The van der Waals surface area contributed by atoms with Gasteiger partial charge in [0.05, 0.1) is 11.4 Å². The largest absolute Gasteiger partial charge is 2.00 e. The van der Waals surface area contributed by atoms with E-state index in [1.807, 2.05) is 62.4 Å². The summed E-state index contributed by atoms with van der Waals surface area (Å²) in [5, 5.41) is 0. The minimum Gasteiger partial charge on any atom is -1.00 e. The zero-order valence-electron chi connectivity index (χ0n) is 23.3. The third kappa shape index (κ3) is 10.5. The Kier molecular flexibility index (Phi) is 15.4. The molecular formula is C30H30Cl2CuN2O6. The van der Waals surface area contributed by atoms with E-state index in [1.165, 1.54) is 12.2 Å². The van der Waals surface area contributed by atoms with Gasteiger partial charge in [0.25, 0.3) is 0 Å². The van der Waals surface area contributed by atoms with E-state index in [4.69, 9.17) is 9.47 Å². The molecule has 8 nitrogen and oxygen atoms in total. The number of benzene rings is 2. The molecule has 2 aromatic rings. The molecule has 0 aliphatic carbocycles. The Morgan fingerprint density at radius 2 is 0.976 bits per heavy atom. The Balaban J connectivity index is 0.000000727. The molecule has 0 N–H and O–H groups in total. The number of aliphatic imine (C=N–C) groups is 2. The molecule has 0 aromatic heterocycles. The second-order valence-corrected chi connectivity index (χ2v) is 9.21. The fourth-order valence-corrected chi connectivity index (χ4v) is 3.98. The number of carbonyl (C=O) groups is 4. The molecule has 2 aliphatic rings. The maximum atomic E-state index is 11.9. The van der Waals surface area contributed by atoms with Crippen LogP contribution >= 0.6 is 0 Å². The van der Waals surface area contributed by atoms with Crippen LogP contribution in [-0.2, 0) is 45.7 Å². The van der Waals surface area contributed by atoms with E-state index in [9.17, 15) is 19.2 Å². The molecule has 41 heavy (non-hydrogen) atoms. The van der Waals surface area contributed by atoms with E-state index in [2.05, 4.69) is 9.98 Å². The van der Waals surface area contributed by atoms with Crippen LogP contribution in [0.5, 0.6) is 0 Å². The number of hydrogen-bond acceptors (Lipinski definition) is 8. The van der Waals surface area contributed by atoms with Gasteiger partial charge in [-0.25, -0.2) is 0 Å². The normalized spacial score (nSPS) is 18.6. The van der Waals surface area contributed by atoms with Crippen molar-refractivity contribution in [3.63, 3.8) is 0 Å². The zero-order valence-corrected chi connectivity index (χ0v) is 25.8. The quantitative estimate of drug-likeness (QED) is 0.191. The van der Waals surface area contributed by atoms with E-state index in [-0.39, 0.29) is 53.4 Å². The number of esters is 2. The Bertz CT molecular complexity index is 1320. The summed E-state index contributed by atoms with van der Waals surface area (Å²) in [5.41, 5.74) is 4.49. The van der Waals surface area contributed by atoms with Crippen molar-refractivity contribution in [2.45, 2.75) is 41.5 Å². The minimum atomic E-state index is -0.927. The minimum absolute atomic E-state index is 0. The van der Waals surface area contributed by atoms with Gasteiger partial charge in [0.1, 0.15) is 11.5 Å². The number of allylic oxidation sites excluding steroid dienone is 4. The Hall–Kier alpha value is -3.36. The summed E-state index contributed by atoms with van der Waals surface area (Å²) in [7, 11) is 0. The molecule has 0 saturated heterocycles. The van der Waals surface area contributed by atoms with Gasteiger partial charge < -0.3 is 34.3 Å². The number of hydrogen-bond donors (Lipinski definition) is 0. The van der Waals surface area contributed by atoms with Crippen LogP contribution in [0.3, 0.4) is 0 Å². The van der Waals surface area contributed by atoms with Crippen molar-refractivity contribution < 1.29 is 70.5 Å². The van der Waals surface area contributed by atoms with Gasteiger partial charge in [0.2, 0.25) is 0 Å². The van der Waals surface area contributed by atoms with Crippen molar-refractivity contribution in [2.24, 2.45) is 21.8 Å². The van der Waals surface area contributed by atoms with Crippen LogP contribution in [0.25, 0.3) is 0 Å². The van der Waals surface area contributed by atoms with Gasteiger partial charge in [-0.05, 0) is 76.9 Å². The van der Waals surface area contributed by atoms with E-state index in [0.717, 1.165) is 22.5 Å². The molecule has 2 aromatic carbocycles. The molecule has 221 valence electrons. The summed E-state index contributed by atoms with van der Waals surface area (Å²) >= 11 is 0. The summed E-state index contributed by atoms with van der Waals surface area (Å²) in [6, 6.07) is 15.1. The van der Waals surface area contributed by atoms with Gasteiger partial charge in [-0.3, -0.25) is 29.2 Å². The van der Waals surface area contributed by atoms with Gasteiger partial charge >= 0.3 is 29.0 Å². The second-order valence-electron chi connectivity index (χ2n) is 9.21. The molecule has 2 atom stereocenters. The van der Waals surface area contributed by atoms with Crippen LogP contribution in [0.1, 0.15) is 38.8 Å². The molecule has 0 amide bonds. The predicted octanol–water partition coefficient (Wildman–Crippen LogP) is -0.528. The number of carbonyl (C=O) groups excluding carboxylic acids is 4. The summed E-state index contributed by atoms with van der Waals surface area (Å²) < 4.78 is 9.94. The summed E-state index contributed by atoms with van der Waals surface area (Å²) in [6.07, 6.45) is 2.67. The fourth-order valence-electron chi connectivity index (χ4n) is 3.98. The third-order valence-corrected chi connectivity index (χ3v) is 5.70. The van der Waals surface area contributed by atoms with Crippen LogP contribution < -0.4 is 24.8 Å². The molecule has 0 bridgehead atoms. The third-order valence-electron chi connectivity index (χ3n) is 5.70. The first-order valence-corrected chi connectivity index (χ1v) is 12.1. The molecule has 11 heteroatoms. The smallest absolute Gasteiger partial charge is 1.00 e. The van der Waals surface area contributed by atoms with Crippen LogP contribution in [-0.4, -0.2) is 34.9 Å². The standard InChI is InChI=1S/2C15H15NO3.2ClH.Cu/c2*1-9-5-4-6-12(7-9)16-11(3)14-13(17)8-10(2)19-15(14)18;;;/h2*4-8,14H,1-3H3;2*1H;/q;;;;+2/p-2. The van der Waals surface area contributed by atoms with Crippen LogP contribution in [0.15, 0.2) is 82.2 Å². The average molecular weight is 649 g/mol. The van der Waals surface area contributed by atoms with Crippen LogP contribution in [0, 0.1) is 25.7 Å². The number of nitrogens with zero attached hydrogens (tertiary/aromatic N) is 2. The molecule has 0 spiro atoms. The number of ether oxygens (including phenoxy) is 2. The van der Waals surface area contributed by atoms with Crippen molar-refractivity contribution in [2.75, 3.05) is 0 Å². The number of ketones is 2. The molecule has 4 rings (SSSR count). The maximum Gasteiger partial charge on any atom is 2.00 e. The second kappa shape index (κ2) is 16.8. The van der Waals surface area contributed by atoms with Crippen LogP contribution in [0.4, 0.5) is 11.4 Å². The number of aryl methyl sites for hydroxylation is 2.